The highest BCUT2D eigenvalue weighted by atomic mass is 16.6. The predicted octanol–water partition coefficient (Wildman–Crippen LogP) is 3.54. The van der Waals surface area contributed by atoms with Crippen LogP contribution >= 0.6 is 0 Å². The Hall–Kier alpha value is -0.530. The molecule has 0 aromatic carbocycles. The van der Waals surface area contributed by atoms with Crippen molar-refractivity contribution in [1.29, 1.82) is 0 Å². The molecule has 0 aromatic rings. The van der Waals surface area contributed by atoms with E-state index >= 15 is 0 Å². The van der Waals surface area contributed by atoms with Crippen LogP contribution in [0.5, 0.6) is 0 Å². The van der Waals surface area contributed by atoms with Crippen molar-refractivity contribution in [1.82, 2.24) is 0 Å². The first-order chi connectivity index (χ1) is 6.91. The summed E-state index contributed by atoms with van der Waals surface area (Å²) in [6.45, 7) is 7.87. The zero-order valence-electron chi connectivity index (χ0n) is 10.5. The van der Waals surface area contributed by atoms with Gasteiger partial charge in [-0.3, -0.25) is 4.79 Å². The van der Waals surface area contributed by atoms with Crippen LogP contribution in [0.3, 0.4) is 0 Å². The summed E-state index contributed by atoms with van der Waals surface area (Å²) in [7, 11) is 0. The summed E-state index contributed by atoms with van der Waals surface area (Å²) in [5.41, 5.74) is -0.290. The summed E-state index contributed by atoms with van der Waals surface area (Å²) in [6, 6.07) is 0. The summed E-state index contributed by atoms with van der Waals surface area (Å²) >= 11 is 0. The average Bonchev–Trinajstić information content (AvgIpc) is 2.06. The van der Waals surface area contributed by atoms with Gasteiger partial charge < -0.3 is 4.74 Å². The number of carbonyl (C=O) groups is 1. The molecular formula is C13H24O2. The van der Waals surface area contributed by atoms with Crippen molar-refractivity contribution >= 4 is 5.97 Å². The van der Waals surface area contributed by atoms with E-state index in [-0.39, 0.29) is 11.6 Å². The fourth-order valence-corrected chi connectivity index (χ4v) is 2.76. The lowest BCUT2D eigenvalue weighted by atomic mass is 9.75. The van der Waals surface area contributed by atoms with Gasteiger partial charge in [-0.15, -0.1) is 0 Å². The van der Waals surface area contributed by atoms with Crippen LogP contribution in [-0.4, -0.2) is 11.6 Å². The Morgan fingerprint density at radius 1 is 1.33 bits per heavy atom. The van der Waals surface area contributed by atoms with E-state index in [0.717, 1.165) is 18.3 Å². The Morgan fingerprint density at radius 3 is 2.47 bits per heavy atom. The van der Waals surface area contributed by atoms with Gasteiger partial charge in [0.15, 0.2) is 0 Å². The molecule has 2 atom stereocenters. The molecule has 0 radical (unpaired) electrons. The van der Waals surface area contributed by atoms with Gasteiger partial charge in [-0.25, -0.2) is 0 Å². The highest BCUT2D eigenvalue weighted by molar-refractivity contribution is 5.66. The molecule has 88 valence electrons. The lowest BCUT2D eigenvalue weighted by Gasteiger charge is -2.35. The highest BCUT2D eigenvalue weighted by Gasteiger charge is 2.30. The minimum Gasteiger partial charge on any atom is -0.460 e. The van der Waals surface area contributed by atoms with Gasteiger partial charge in [0.05, 0.1) is 0 Å². The molecule has 0 spiro atoms. The Bertz CT molecular complexity index is 221. The Kier molecular flexibility index (Phi) is 4.18. The second-order valence-corrected chi connectivity index (χ2v) is 5.58. The van der Waals surface area contributed by atoms with Gasteiger partial charge in [-0.05, 0) is 32.1 Å². The smallest absolute Gasteiger partial charge is 0.303 e. The zero-order valence-corrected chi connectivity index (χ0v) is 10.5. The van der Waals surface area contributed by atoms with E-state index in [4.69, 9.17) is 4.74 Å². The second kappa shape index (κ2) is 5.00. The molecule has 1 rings (SSSR count). The van der Waals surface area contributed by atoms with Gasteiger partial charge in [0.1, 0.15) is 5.60 Å². The third kappa shape index (κ3) is 4.23. The van der Waals surface area contributed by atoms with Crippen LogP contribution in [0.15, 0.2) is 0 Å². The number of hydrogen-bond acceptors (Lipinski definition) is 2. The molecule has 0 amide bonds. The van der Waals surface area contributed by atoms with Crippen LogP contribution in [0.25, 0.3) is 0 Å². The zero-order chi connectivity index (χ0) is 11.5. The molecule has 1 saturated carbocycles. The molecular weight excluding hydrogens is 188 g/mol. The van der Waals surface area contributed by atoms with Crippen LogP contribution in [0.4, 0.5) is 0 Å². The molecule has 0 aromatic heterocycles. The lowest BCUT2D eigenvalue weighted by Crippen LogP contribution is -2.32. The molecule has 0 saturated heterocycles. The first-order valence-electron chi connectivity index (χ1n) is 6.10. The summed E-state index contributed by atoms with van der Waals surface area (Å²) in [6.07, 6.45) is 6.34. The van der Waals surface area contributed by atoms with Crippen molar-refractivity contribution in [3.8, 4) is 0 Å². The third-order valence-corrected chi connectivity index (χ3v) is 3.46. The van der Waals surface area contributed by atoms with Gasteiger partial charge in [0.2, 0.25) is 0 Å². The SMILES string of the molecule is CC(=O)OC(C)(C)CC1CCCCC1C. The van der Waals surface area contributed by atoms with Gasteiger partial charge >= 0.3 is 5.97 Å². The van der Waals surface area contributed by atoms with Crippen molar-refractivity contribution in [2.75, 3.05) is 0 Å². The van der Waals surface area contributed by atoms with E-state index in [1.54, 1.807) is 0 Å². The molecule has 0 heterocycles. The van der Waals surface area contributed by atoms with Gasteiger partial charge in [-0.2, -0.15) is 0 Å². The number of rotatable bonds is 3. The third-order valence-electron chi connectivity index (χ3n) is 3.46. The Labute approximate surface area is 93.4 Å². The molecule has 2 nitrogen and oxygen atoms in total. The van der Waals surface area contributed by atoms with E-state index in [1.165, 1.54) is 32.6 Å². The van der Waals surface area contributed by atoms with E-state index < -0.39 is 0 Å². The van der Waals surface area contributed by atoms with Crippen molar-refractivity contribution in [2.45, 2.75) is 65.4 Å². The molecule has 0 bridgehead atoms. The van der Waals surface area contributed by atoms with E-state index in [9.17, 15) is 4.79 Å². The number of esters is 1. The quantitative estimate of drug-likeness (QED) is 0.669. The maximum Gasteiger partial charge on any atom is 0.303 e. The first-order valence-corrected chi connectivity index (χ1v) is 6.10. The molecule has 1 aliphatic rings. The summed E-state index contributed by atoms with van der Waals surface area (Å²) in [4.78, 5) is 11.0. The largest absolute Gasteiger partial charge is 0.460 e. The molecule has 2 heteroatoms. The Morgan fingerprint density at radius 2 is 1.93 bits per heavy atom. The average molecular weight is 212 g/mol. The summed E-state index contributed by atoms with van der Waals surface area (Å²) in [5.74, 6) is 1.35. The molecule has 15 heavy (non-hydrogen) atoms. The molecule has 2 unspecified atom stereocenters. The van der Waals surface area contributed by atoms with E-state index in [2.05, 4.69) is 6.92 Å². The van der Waals surface area contributed by atoms with Crippen LogP contribution in [0, 0.1) is 11.8 Å². The fraction of sp³-hybridized carbons (Fsp3) is 0.923. The van der Waals surface area contributed by atoms with Gasteiger partial charge in [0, 0.05) is 6.92 Å². The topological polar surface area (TPSA) is 26.3 Å². The predicted molar refractivity (Wildman–Crippen MR) is 61.6 cm³/mol. The fourth-order valence-electron chi connectivity index (χ4n) is 2.76. The summed E-state index contributed by atoms with van der Waals surface area (Å²) < 4.78 is 5.35. The van der Waals surface area contributed by atoms with Gasteiger partial charge in [-0.1, -0.05) is 32.6 Å². The van der Waals surface area contributed by atoms with Crippen molar-refractivity contribution in [3.05, 3.63) is 0 Å². The van der Waals surface area contributed by atoms with Crippen LogP contribution in [-0.2, 0) is 9.53 Å². The normalized spacial score (nSPS) is 27.5. The molecule has 1 fully saturated rings. The Balaban J connectivity index is 2.47. The molecule has 0 aliphatic heterocycles. The highest BCUT2D eigenvalue weighted by Crippen LogP contribution is 2.36. The van der Waals surface area contributed by atoms with Gasteiger partial charge in [0.25, 0.3) is 0 Å². The molecule has 1 aliphatic carbocycles. The maximum absolute atomic E-state index is 11.0. The number of carbonyl (C=O) groups excluding carboxylic acids is 1. The minimum atomic E-state index is -0.290. The second-order valence-electron chi connectivity index (χ2n) is 5.58. The van der Waals surface area contributed by atoms with Crippen LogP contribution in [0.2, 0.25) is 0 Å². The van der Waals surface area contributed by atoms with Crippen LogP contribution in [0.1, 0.15) is 59.8 Å². The minimum absolute atomic E-state index is 0.163. The lowest BCUT2D eigenvalue weighted by molar-refractivity contribution is -0.155. The number of ether oxygens (including phenoxy) is 1. The van der Waals surface area contributed by atoms with Crippen molar-refractivity contribution < 1.29 is 9.53 Å². The maximum atomic E-state index is 11.0. The first kappa shape index (κ1) is 12.5. The standard InChI is InChI=1S/C13H24O2/c1-10-7-5-6-8-12(10)9-13(3,4)15-11(2)14/h10,12H,5-9H2,1-4H3. The van der Waals surface area contributed by atoms with Crippen molar-refractivity contribution in [2.24, 2.45) is 11.8 Å². The van der Waals surface area contributed by atoms with E-state index in [1.807, 2.05) is 13.8 Å². The van der Waals surface area contributed by atoms with E-state index in [0.29, 0.717) is 0 Å². The van der Waals surface area contributed by atoms with Crippen LogP contribution < -0.4 is 0 Å². The molecule has 0 N–H and O–H groups in total. The summed E-state index contributed by atoms with van der Waals surface area (Å²) in [5, 5.41) is 0. The monoisotopic (exact) mass is 212 g/mol. The number of hydrogen-bond donors (Lipinski definition) is 0. The van der Waals surface area contributed by atoms with Crippen molar-refractivity contribution in [3.63, 3.8) is 0 Å².